The number of nitriles is 1. The van der Waals surface area contributed by atoms with Crippen molar-refractivity contribution in [1.82, 2.24) is 0 Å². The summed E-state index contributed by atoms with van der Waals surface area (Å²) in [5, 5.41) is 9.40. The van der Waals surface area contributed by atoms with Crippen LogP contribution in [0.15, 0.2) is 17.7 Å². The summed E-state index contributed by atoms with van der Waals surface area (Å²) in [6.07, 6.45) is -5.71. The lowest BCUT2D eigenvalue weighted by atomic mass is 9.93. The van der Waals surface area contributed by atoms with Crippen molar-refractivity contribution in [2.24, 2.45) is 0 Å². The quantitative estimate of drug-likeness (QED) is 0.0595. The van der Waals surface area contributed by atoms with Crippen molar-refractivity contribution >= 4 is 17.3 Å². The maximum absolute atomic E-state index is 15.1. The summed E-state index contributed by atoms with van der Waals surface area (Å²) in [7, 11) is 0. The lowest BCUT2D eigenvalue weighted by Crippen LogP contribution is -2.21. The fourth-order valence-corrected chi connectivity index (χ4v) is 4.59. The molecule has 2 aliphatic carbocycles. The van der Waals surface area contributed by atoms with Gasteiger partial charge in [-0.25, -0.2) is 39.9 Å². The average Bonchev–Trinajstić information content (AvgIpc) is 3.36. The van der Waals surface area contributed by atoms with E-state index in [-0.39, 0.29) is 0 Å². The van der Waals surface area contributed by atoms with Crippen LogP contribution in [0.2, 0.25) is 0 Å². The molecular formula is C24H2F11NO3. The van der Waals surface area contributed by atoms with Crippen molar-refractivity contribution in [3.8, 4) is 28.3 Å². The van der Waals surface area contributed by atoms with Gasteiger partial charge in [-0.1, -0.05) is 12.1 Å². The van der Waals surface area contributed by atoms with Crippen LogP contribution < -0.4 is 0 Å². The zero-order valence-electron chi connectivity index (χ0n) is 18.0. The van der Waals surface area contributed by atoms with Gasteiger partial charge in [-0.05, 0) is 11.1 Å². The Hall–Kier alpha value is -4.74. The predicted octanol–water partition coefficient (Wildman–Crippen LogP) is 6.38. The van der Waals surface area contributed by atoms with Gasteiger partial charge in [0.2, 0.25) is 0 Å². The van der Waals surface area contributed by atoms with Crippen molar-refractivity contribution in [2.75, 3.05) is 0 Å². The maximum Gasteiger partial charge on any atom is 0.575 e. The summed E-state index contributed by atoms with van der Waals surface area (Å²) >= 11 is 0. The average molecular weight is 561 g/mol. The van der Waals surface area contributed by atoms with Gasteiger partial charge in [-0.2, -0.15) is 5.26 Å². The smallest absolute Gasteiger partial charge is 0.369 e. The van der Waals surface area contributed by atoms with Crippen LogP contribution in [-0.2, 0) is 9.53 Å². The SMILES string of the molecule is N#C/C(C(=O)OC(F)(F)F)=C1/c2ccc3c(c2-c2c(F)c(F)c(F)c(F)c21)C(=O)c1c(F)c(F)c(F)c(F)c1-3. The van der Waals surface area contributed by atoms with E-state index in [0.717, 1.165) is 6.07 Å². The molecule has 0 aromatic heterocycles. The molecule has 3 aromatic rings. The largest absolute Gasteiger partial charge is 0.575 e. The minimum absolute atomic E-state index is 0.622. The molecule has 0 N–H and O–H groups in total. The Morgan fingerprint density at radius 1 is 0.641 bits per heavy atom. The third kappa shape index (κ3) is 3.30. The number of ketones is 1. The molecule has 0 atom stereocenters. The molecule has 0 unspecified atom stereocenters. The molecule has 0 bridgehead atoms. The van der Waals surface area contributed by atoms with Crippen molar-refractivity contribution < 1.29 is 62.6 Å². The van der Waals surface area contributed by atoms with Gasteiger partial charge >= 0.3 is 12.3 Å². The topological polar surface area (TPSA) is 67.2 Å². The van der Waals surface area contributed by atoms with Crippen molar-refractivity contribution in [3.63, 3.8) is 0 Å². The Kier molecular flexibility index (Phi) is 5.40. The molecule has 15 heteroatoms. The van der Waals surface area contributed by atoms with Crippen LogP contribution >= 0.6 is 0 Å². The van der Waals surface area contributed by atoms with Crippen LogP contribution in [0.4, 0.5) is 48.3 Å². The summed E-state index contributed by atoms with van der Waals surface area (Å²) in [4.78, 5) is 25.2. The highest BCUT2D eigenvalue weighted by Crippen LogP contribution is 2.55. The van der Waals surface area contributed by atoms with E-state index in [4.69, 9.17) is 0 Å². The normalized spacial score (nSPS) is 14.5. The van der Waals surface area contributed by atoms with E-state index in [0.29, 0.717) is 12.1 Å². The van der Waals surface area contributed by atoms with Gasteiger partial charge in [0.15, 0.2) is 52.3 Å². The molecule has 0 fully saturated rings. The number of nitrogens with zero attached hydrogens (tertiary/aromatic N) is 1. The number of alkyl halides is 3. The van der Waals surface area contributed by atoms with Crippen LogP contribution in [0.25, 0.3) is 27.8 Å². The Bertz CT molecular complexity index is 1800. The first-order valence-corrected chi connectivity index (χ1v) is 10.0. The number of carbonyl (C=O) groups is 2. The number of rotatable bonds is 1. The molecule has 0 spiro atoms. The molecule has 3 aromatic carbocycles. The van der Waals surface area contributed by atoms with E-state index in [1.54, 1.807) is 0 Å². The van der Waals surface area contributed by atoms with E-state index in [9.17, 15) is 58.8 Å². The highest BCUT2D eigenvalue weighted by Gasteiger charge is 2.46. The molecular weight excluding hydrogens is 559 g/mol. The summed E-state index contributed by atoms with van der Waals surface area (Å²) in [5.74, 6) is -22.9. The van der Waals surface area contributed by atoms with Crippen molar-refractivity contribution in [1.29, 1.82) is 5.26 Å². The third-order valence-corrected chi connectivity index (χ3v) is 6.01. The second-order valence-electron chi connectivity index (χ2n) is 7.95. The first kappa shape index (κ1) is 25.9. The first-order valence-electron chi connectivity index (χ1n) is 10.0. The van der Waals surface area contributed by atoms with E-state index in [1.165, 1.54) is 0 Å². The van der Waals surface area contributed by atoms with Gasteiger partial charge < -0.3 is 4.74 Å². The number of carbonyl (C=O) groups excluding carboxylic acids is 2. The lowest BCUT2D eigenvalue weighted by molar-refractivity contribution is -0.303. The number of esters is 1. The summed E-state index contributed by atoms with van der Waals surface area (Å²) in [6, 6.07) is 2.23. The molecule has 0 heterocycles. The lowest BCUT2D eigenvalue weighted by Gasteiger charge is -2.11. The molecule has 0 radical (unpaired) electrons. The number of halogens is 11. The predicted molar refractivity (Wildman–Crippen MR) is 104 cm³/mol. The second-order valence-corrected chi connectivity index (χ2v) is 7.95. The number of fused-ring (bicyclic) bond motifs is 7. The molecule has 2 aliphatic rings. The van der Waals surface area contributed by atoms with Gasteiger partial charge in [-0.3, -0.25) is 4.79 Å². The molecule has 0 saturated heterocycles. The molecule has 5 rings (SSSR count). The molecule has 4 nitrogen and oxygen atoms in total. The third-order valence-electron chi connectivity index (χ3n) is 6.01. The van der Waals surface area contributed by atoms with Gasteiger partial charge in [0.25, 0.3) is 0 Å². The Morgan fingerprint density at radius 3 is 1.62 bits per heavy atom. The standard InChI is InChI=1S/C24H2F11NO3/c25-14-9-5-2-1-4-7(6(3-36)23(38)39-24(33,34)35)11-12(16(27)20(31)19(30)15(11)26)8(4)10(5)22(37)13(9)17(28)21(32)18(14)29/h1-2H/b7-6+. The van der Waals surface area contributed by atoms with Gasteiger partial charge in [0.1, 0.15) is 11.6 Å². The van der Waals surface area contributed by atoms with Crippen molar-refractivity contribution in [3.05, 3.63) is 86.5 Å². The van der Waals surface area contributed by atoms with Crippen molar-refractivity contribution in [2.45, 2.75) is 6.36 Å². The summed E-state index contributed by atoms with van der Waals surface area (Å²) in [5.41, 5.74) is -12.3. The minimum Gasteiger partial charge on any atom is -0.369 e. The highest BCUT2D eigenvalue weighted by molar-refractivity contribution is 6.28. The van der Waals surface area contributed by atoms with Crippen LogP contribution in [-0.4, -0.2) is 18.1 Å². The molecule has 0 saturated carbocycles. The number of hydrogen-bond donors (Lipinski definition) is 0. The number of ether oxygens (including phenoxy) is 1. The second kappa shape index (κ2) is 8.13. The number of hydrogen-bond acceptors (Lipinski definition) is 4. The van der Waals surface area contributed by atoms with Gasteiger partial charge in [-0.15, -0.1) is 13.2 Å². The van der Waals surface area contributed by atoms with Gasteiger partial charge in [0.05, 0.1) is 5.56 Å². The van der Waals surface area contributed by atoms with E-state index in [1.807, 2.05) is 0 Å². The van der Waals surface area contributed by atoms with Gasteiger partial charge in [0, 0.05) is 33.4 Å². The monoisotopic (exact) mass is 561 g/mol. The zero-order chi connectivity index (χ0) is 28.9. The van der Waals surface area contributed by atoms with E-state index >= 15 is 4.39 Å². The van der Waals surface area contributed by atoms with Crippen LogP contribution in [0.5, 0.6) is 0 Å². The van der Waals surface area contributed by atoms with E-state index in [2.05, 4.69) is 4.74 Å². The van der Waals surface area contributed by atoms with Crippen LogP contribution in [0, 0.1) is 57.9 Å². The molecule has 0 aliphatic heterocycles. The summed E-state index contributed by atoms with van der Waals surface area (Å²) < 4.78 is 157. The fraction of sp³-hybridized carbons (Fsp3) is 0.0417. The highest BCUT2D eigenvalue weighted by atomic mass is 19.4. The first-order chi connectivity index (χ1) is 18.1. The zero-order valence-corrected chi connectivity index (χ0v) is 18.0. The number of benzene rings is 3. The minimum atomic E-state index is -5.71. The van der Waals surface area contributed by atoms with E-state index < -0.39 is 120 Å². The van der Waals surface area contributed by atoms with Crippen LogP contribution in [0.3, 0.4) is 0 Å². The molecule has 39 heavy (non-hydrogen) atoms. The summed E-state index contributed by atoms with van der Waals surface area (Å²) in [6.45, 7) is 0. The molecule has 198 valence electrons. The Labute approximate surface area is 207 Å². The Balaban J connectivity index is 1.97. The fourth-order valence-electron chi connectivity index (χ4n) is 4.59. The van der Waals surface area contributed by atoms with Crippen LogP contribution in [0.1, 0.15) is 27.0 Å². The maximum atomic E-state index is 15.1. The Morgan fingerprint density at radius 2 is 1.10 bits per heavy atom. The molecule has 0 amide bonds.